The van der Waals surface area contributed by atoms with Crippen LogP contribution in [0.5, 0.6) is 5.75 Å². The predicted molar refractivity (Wildman–Crippen MR) is 81.7 cm³/mol. The lowest BCUT2D eigenvalue weighted by atomic mass is 10.1. The minimum Gasteiger partial charge on any atom is -0.496 e. The normalized spacial score (nSPS) is 10.8. The predicted octanol–water partition coefficient (Wildman–Crippen LogP) is 4.06. The number of fused-ring (bicyclic) bond motifs is 1. The minimum atomic E-state index is -0.400. The number of nitro benzene ring substituents is 1. The third-order valence-electron chi connectivity index (χ3n) is 3.53. The summed E-state index contributed by atoms with van der Waals surface area (Å²) in [6.45, 7) is 2.00. The monoisotopic (exact) mass is 282 g/mol. The number of methoxy groups -OCH3 is 1. The fraction of sp³-hybridized carbons (Fsp3) is 0.125. The molecule has 0 spiro atoms. The van der Waals surface area contributed by atoms with Crippen LogP contribution in [0.1, 0.15) is 5.56 Å². The molecule has 0 aliphatic carbocycles. The molecule has 0 atom stereocenters. The number of nitrogens with one attached hydrogen (secondary N) is 1. The lowest BCUT2D eigenvalue weighted by molar-refractivity contribution is -0.384. The number of aryl methyl sites for hydroxylation is 1. The summed E-state index contributed by atoms with van der Waals surface area (Å²) < 4.78 is 5.32. The molecule has 0 aliphatic rings. The van der Waals surface area contributed by atoms with Gasteiger partial charge < -0.3 is 9.72 Å². The van der Waals surface area contributed by atoms with Crippen LogP contribution >= 0.6 is 0 Å². The first kappa shape index (κ1) is 13.2. The number of non-ortho nitro benzene ring substituents is 1. The van der Waals surface area contributed by atoms with Crippen LogP contribution in [-0.2, 0) is 0 Å². The van der Waals surface area contributed by atoms with Gasteiger partial charge in [-0.3, -0.25) is 10.1 Å². The number of H-pyrrole nitrogens is 1. The highest BCUT2D eigenvalue weighted by Gasteiger charge is 2.09. The molecule has 2 aromatic carbocycles. The number of nitro groups is 1. The number of ether oxygens (including phenoxy) is 1. The van der Waals surface area contributed by atoms with Gasteiger partial charge in [-0.2, -0.15) is 0 Å². The van der Waals surface area contributed by atoms with E-state index in [1.807, 2.05) is 19.1 Å². The standard InChI is InChI=1S/C16H14N2O3/c1-10-7-12-8-14(17-15(12)9-16(10)21-2)11-3-5-13(6-4-11)18(19)20/h3-9,17H,1-2H3. The lowest BCUT2D eigenvalue weighted by Gasteiger charge is -2.03. The molecule has 1 aromatic heterocycles. The highest BCUT2D eigenvalue weighted by molar-refractivity contribution is 5.87. The second-order valence-electron chi connectivity index (χ2n) is 4.90. The van der Waals surface area contributed by atoms with Crippen LogP contribution in [0.15, 0.2) is 42.5 Å². The van der Waals surface area contributed by atoms with Crippen molar-refractivity contribution in [3.05, 3.63) is 58.1 Å². The van der Waals surface area contributed by atoms with Gasteiger partial charge in [0.2, 0.25) is 0 Å². The van der Waals surface area contributed by atoms with Gasteiger partial charge in [0.05, 0.1) is 12.0 Å². The summed E-state index contributed by atoms with van der Waals surface area (Å²) >= 11 is 0. The number of aromatic nitrogens is 1. The molecule has 106 valence electrons. The van der Waals surface area contributed by atoms with E-state index >= 15 is 0 Å². The molecule has 1 N–H and O–H groups in total. The summed E-state index contributed by atoms with van der Waals surface area (Å²) in [5.74, 6) is 0.833. The molecule has 0 fully saturated rings. The number of aromatic amines is 1. The van der Waals surface area contributed by atoms with Crippen molar-refractivity contribution in [3.63, 3.8) is 0 Å². The number of hydrogen-bond donors (Lipinski definition) is 1. The van der Waals surface area contributed by atoms with E-state index in [0.717, 1.165) is 33.5 Å². The summed E-state index contributed by atoms with van der Waals surface area (Å²) in [4.78, 5) is 13.6. The molecule has 3 aromatic rings. The maximum atomic E-state index is 10.7. The summed E-state index contributed by atoms with van der Waals surface area (Å²) in [5.41, 5.74) is 3.97. The molecule has 0 saturated carbocycles. The molecule has 0 radical (unpaired) electrons. The fourth-order valence-corrected chi connectivity index (χ4v) is 2.41. The molecule has 0 unspecified atom stereocenters. The van der Waals surface area contributed by atoms with E-state index in [9.17, 15) is 10.1 Å². The van der Waals surface area contributed by atoms with E-state index in [1.165, 1.54) is 12.1 Å². The number of hydrogen-bond acceptors (Lipinski definition) is 3. The average molecular weight is 282 g/mol. The molecule has 0 amide bonds. The smallest absolute Gasteiger partial charge is 0.269 e. The highest BCUT2D eigenvalue weighted by Crippen LogP contribution is 2.30. The second-order valence-corrected chi connectivity index (χ2v) is 4.90. The lowest BCUT2D eigenvalue weighted by Crippen LogP contribution is -1.87. The molecule has 5 nitrogen and oxygen atoms in total. The largest absolute Gasteiger partial charge is 0.496 e. The van der Waals surface area contributed by atoms with Gasteiger partial charge in [0.1, 0.15) is 5.75 Å². The Morgan fingerprint density at radius 3 is 2.48 bits per heavy atom. The van der Waals surface area contributed by atoms with E-state index in [-0.39, 0.29) is 5.69 Å². The highest BCUT2D eigenvalue weighted by atomic mass is 16.6. The van der Waals surface area contributed by atoms with E-state index in [1.54, 1.807) is 19.2 Å². The third-order valence-corrected chi connectivity index (χ3v) is 3.53. The first-order valence-electron chi connectivity index (χ1n) is 6.50. The van der Waals surface area contributed by atoms with Gasteiger partial charge in [0.25, 0.3) is 5.69 Å². The first-order valence-corrected chi connectivity index (χ1v) is 6.50. The van der Waals surface area contributed by atoms with Crippen LogP contribution < -0.4 is 4.74 Å². The van der Waals surface area contributed by atoms with Gasteiger partial charge in [-0.25, -0.2) is 0 Å². The van der Waals surface area contributed by atoms with E-state index in [4.69, 9.17) is 4.74 Å². The maximum Gasteiger partial charge on any atom is 0.269 e. The Labute approximate surface area is 121 Å². The van der Waals surface area contributed by atoms with Crippen molar-refractivity contribution >= 4 is 16.6 Å². The van der Waals surface area contributed by atoms with Crippen molar-refractivity contribution in [2.45, 2.75) is 6.92 Å². The van der Waals surface area contributed by atoms with Gasteiger partial charge >= 0.3 is 0 Å². The summed E-state index contributed by atoms with van der Waals surface area (Å²) in [6, 6.07) is 12.5. The molecule has 5 heteroatoms. The Hall–Kier alpha value is -2.82. The van der Waals surface area contributed by atoms with Crippen molar-refractivity contribution in [3.8, 4) is 17.0 Å². The van der Waals surface area contributed by atoms with Crippen molar-refractivity contribution in [2.24, 2.45) is 0 Å². The number of nitrogens with zero attached hydrogens (tertiary/aromatic N) is 1. The zero-order valence-electron chi connectivity index (χ0n) is 11.7. The van der Waals surface area contributed by atoms with Crippen LogP contribution in [0.3, 0.4) is 0 Å². The quantitative estimate of drug-likeness (QED) is 0.581. The summed E-state index contributed by atoms with van der Waals surface area (Å²) in [6.07, 6.45) is 0. The van der Waals surface area contributed by atoms with Crippen molar-refractivity contribution in [2.75, 3.05) is 7.11 Å². The summed E-state index contributed by atoms with van der Waals surface area (Å²) in [7, 11) is 1.65. The Morgan fingerprint density at radius 2 is 1.86 bits per heavy atom. The molecule has 0 bridgehead atoms. The van der Waals surface area contributed by atoms with Gasteiger partial charge in [0.15, 0.2) is 0 Å². The van der Waals surface area contributed by atoms with Crippen LogP contribution in [0.4, 0.5) is 5.69 Å². The molecular weight excluding hydrogens is 268 g/mol. The van der Waals surface area contributed by atoms with Gasteiger partial charge in [-0.05, 0) is 42.3 Å². The molecular formula is C16H14N2O3. The van der Waals surface area contributed by atoms with E-state index < -0.39 is 4.92 Å². The summed E-state index contributed by atoms with van der Waals surface area (Å²) in [5, 5.41) is 11.8. The van der Waals surface area contributed by atoms with Crippen LogP contribution in [0.25, 0.3) is 22.2 Å². The Morgan fingerprint density at radius 1 is 1.14 bits per heavy atom. The van der Waals surface area contributed by atoms with Crippen LogP contribution in [0.2, 0.25) is 0 Å². The second kappa shape index (κ2) is 4.94. The Kier molecular flexibility index (Phi) is 3.10. The van der Waals surface area contributed by atoms with Crippen molar-refractivity contribution < 1.29 is 9.66 Å². The first-order chi connectivity index (χ1) is 10.1. The molecule has 1 heterocycles. The van der Waals surface area contributed by atoms with E-state index in [0.29, 0.717) is 0 Å². The van der Waals surface area contributed by atoms with Crippen molar-refractivity contribution in [1.29, 1.82) is 0 Å². The topological polar surface area (TPSA) is 68.2 Å². The minimum absolute atomic E-state index is 0.0902. The van der Waals surface area contributed by atoms with Gasteiger partial charge in [0, 0.05) is 34.8 Å². The van der Waals surface area contributed by atoms with Crippen molar-refractivity contribution in [1.82, 2.24) is 4.98 Å². The number of rotatable bonds is 3. The molecule has 0 aliphatic heterocycles. The van der Waals surface area contributed by atoms with Crippen LogP contribution in [-0.4, -0.2) is 17.0 Å². The van der Waals surface area contributed by atoms with E-state index in [2.05, 4.69) is 11.1 Å². The zero-order chi connectivity index (χ0) is 15.0. The zero-order valence-corrected chi connectivity index (χ0v) is 11.7. The molecule has 3 rings (SSSR count). The Balaban J connectivity index is 2.06. The van der Waals surface area contributed by atoms with Crippen LogP contribution in [0, 0.1) is 17.0 Å². The molecule has 0 saturated heterocycles. The Bertz CT molecular complexity index is 819. The SMILES string of the molecule is COc1cc2[nH]c(-c3ccc([N+](=O)[O-])cc3)cc2cc1C. The number of benzene rings is 2. The van der Waals surface area contributed by atoms with Gasteiger partial charge in [-0.1, -0.05) is 0 Å². The van der Waals surface area contributed by atoms with Gasteiger partial charge in [-0.15, -0.1) is 0 Å². The maximum absolute atomic E-state index is 10.7. The third kappa shape index (κ3) is 2.33. The fourth-order valence-electron chi connectivity index (χ4n) is 2.41. The molecule has 21 heavy (non-hydrogen) atoms. The average Bonchev–Trinajstić information content (AvgIpc) is 2.89.